The van der Waals surface area contributed by atoms with Crippen molar-refractivity contribution in [3.63, 3.8) is 0 Å². The highest BCUT2D eigenvalue weighted by Gasteiger charge is 2.29. The number of aliphatic hydroxyl groups is 2. The van der Waals surface area contributed by atoms with E-state index >= 15 is 0 Å². The first-order valence-corrected chi connectivity index (χ1v) is 3.46. The molecule has 0 aromatic rings. The van der Waals surface area contributed by atoms with E-state index in [2.05, 4.69) is 0 Å². The predicted molar refractivity (Wildman–Crippen MR) is 44.4 cm³/mol. The van der Waals surface area contributed by atoms with Crippen LogP contribution in [0.15, 0.2) is 0 Å². The van der Waals surface area contributed by atoms with Gasteiger partial charge in [0.2, 0.25) is 0 Å². The summed E-state index contributed by atoms with van der Waals surface area (Å²) in [6, 6.07) is 0. The molecule has 0 fully saturated rings. The summed E-state index contributed by atoms with van der Waals surface area (Å²) in [6.45, 7) is 0. The lowest BCUT2D eigenvalue weighted by atomic mass is 10.2. The fourth-order valence-electron chi connectivity index (χ4n) is 0.270. The second kappa shape index (κ2) is 7.53. The van der Waals surface area contributed by atoms with Crippen LogP contribution in [0, 0.1) is 0 Å². The maximum Gasteiger partial charge on any atom is 0.404 e. The standard InChI is InChI=1S/C4H6O6.C2H5NO2/c5-1(3(7)8)2(6)4(9)10;1-3-2(4)5/h1-2,5-6H,(H,7,8)(H,9,10);3H,1H3,(H,4,5)/t1-,2-;/m1./s1. The molecule has 0 heterocycles. The second-order valence-corrected chi connectivity index (χ2v) is 2.12. The van der Waals surface area contributed by atoms with E-state index in [0.29, 0.717) is 0 Å². The van der Waals surface area contributed by atoms with Crippen molar-refractivity contribution in [3.8, 4) is 0 Å². The Morgan fingerprint density at radius 2 is 1.13 bits per heavy atom. The summed E-state index contributed by atoms with van der Waals surface area (Å²) in [5.41, 5.74) is 0. The molecule has 0 aromatic carbocycles. The number of carbonyl (C=O) groups is 3. The number of hydrogen-bond acceptors (Lipinski definition) is 5. The first-order valence-electron chi connectivity index (χ1n) is 3.46. The predicted octanol–water partition coefficient (Wildman–Crippen LogP) is -2.24. The molecule has 0 aliphatic rings. The second-order valence-electron chi connectivity index (χ2n) is 2.12. The van der Waals surface area contributed by atoms with E-state index in [-0.39, 0.29) is 0 Å². The highest BCUT2D eigenvalue weighted by Crippen LogP contribution is 1.92. The number of carboxylic acids is 2. The molecule has 0 aliphatic carbocycles. The van der Waals surface area contributed by atoms with Gasteiger partial charge in [0.1, 0.15) is 0 Å². The number of nitrogens with one attached hydrogen (secondary N) is 1. The van der Waals surface area contributed by atoms with Crippen molar-refractivity contribution in [1.82, 2.24) is 5.32 Å². The summed E-state index contributed by atoms with van der Waals surface area (Å²) >= 11 is 0. The first kappa shape index (κ1) is 15.6. The molecule has 0 spiro atoms. The van der Waals surface area contributed by atoms with Crippen LogP contribution in [0.3, 0.4) is 0 Å². The van der Waals surface area contributed by atoms with Crippen LogP contribution in [-0.4, -0.2) is 62.8 Å². The molecule has 0 rings (SSSR count). The number of amides is 1. The maximum absolute atomic E-state index is 9.77. The van der Waals surface area contributed by atoms with Gasteiger partial charge in [-0.3, -0.25) is 0 Å². The average Bonchev–Trinajstić information content (AvgIpc) is 2.16. The van der Waals surface area contributed by atoms with Crippen molar-refractivity contribution in [2.75, 3.05) is 7.05 Å². The van der Waals surface area contributed by atoms with Crippen molar-refractivity contribution in [2.24, 2.45) is 0 Å². The Bertz CT molecular complexity index is 221. The fraction of sp³-hybridized carbons (Fsp3) is 0.500. The van der Waals surface area contributed by atoms with Crippen LogP contribution in [0.4, 0.5) is 4.79 Å². The minimum absolute atomic E-state index is 0.995. The Kier molecular flexibility index (Phi) is 7.82. The van der Waals surface area contributed by atoms with Crippen LogP contribution in [0.25, 0.3) is 0 Å². The van der Waals surface area contributed by atoms with E-state index in [4.69, 9.17) is 25.5 Å². The molecule has 0 bridgehead atoms. The molecule has 2 atom stereocenters. The Hall–Kier alpha value is -1.87. The molecule has 9 heteroatoms. The smallest absolute Gasteiger partial charge is 0.404 e. The van der Waals surface area contributed by atoms with Crippen LogP contribution in [0.2, 0.25) is 0 Å². The van der Waals surface area contributed by atoms with Crippen molar-refractivity contribution >= 4 is 18.0 Å². The zero-order valence-electron chi connectivity index (χ0n) is 7.62. The Balaban J connectivity index is 0. The quantitative estimate of drug-likeness (QED) is 0.313. The van der Waals surface area contributed by atoms with Gasteiger partial charge in [0.05, 0.1) is 0 Å². The normalized spacial score (nSPS) is 12.7. The number of carboxylic acid groups (broad SMARTS) is 3. The highest BCUT2D eigenvalue weighted by atomic mass is 16.4. The minimum atomic E-state index is -2.27. The molecular weight excluding hydrogens is 214 g/mol. The summed E-state index contributed by atoms with van der Waals surface area (Å²) < 4.78 is 0. The van der Waals surface area contributed by atoms with Crippen LogP contribution in [0.5, 0.6) is 0 Å². The Labute approximate surface area is 83.6 Å². The van der Waals surface area contributed by atoms with Gasteiger partial charge in [-0.15, -0.1) is 0 Å². The molecule has 0 radical (unpaired) electrons. The van der Waals surface area contributed by atoms with Crippen LogP contribution in [-0.2, 0) is 9.59 Å². The molecule has 88 valence electrons. The fourth-order valence-corrected chi connectivity index (χ4v) is 0.270. The lowest BCUT2D eigenvalue weighted by Gasteiger charge is -2.07. The van der Waals surface area contributed by atoms with Crippen molar-refractivity contribution < 1.29 is 39.9 Å². The monoisotopic (exact) mass is 225 g/mol. The molecule has 0 unspecified atom stereocenters. The molecular formula is C6H11NO8. The SMILES string of the molecule is CNC(=O)O.O=C(O)[C@H](O)[C@@H](O)C(=O)O. The van der Waals surface area contributed by atoms with Gasteiger partial charge in [0, 0.05) is 7.05 Å². The van der Waals surface area contributed by atoms with Gasteiger partial charge in [-0.2, -0.15) is 0 Å². The van der Waals surface area contributed by atoms with Gasteiger partial charge in [0.25, 0.3) is 0 Å². The lowest BCUT2D eigenvalue weighted by Crippen LogP contribution is -2.39. The van der Waals surface area contributed by atoms with Crippen molar-refractivity contribution in [3.05, 3.63) is 0 Å². The van der Waals surface area contributed by atoms with Crippen molar-refractivity contribution in [1.29, 1.82) is 0 Å². The van der Waals surface area contributed by atoms with Gasteiger partial charge < -0.3 is 30.8 Å². The molecule has 0 saturated carbocycles. The molecule has 15 heavy (non-hydrogen) atoms. The van der Waals surface area contributed by atoms with E-state index in [0.717, 1.165) is 0 Å². The van der Waals surface area contributed by atoms with Gasteiger partial charge in [0.15, 0.2) is 12.2 Å². The first-order chi connectivity index (χ1) is 6.73. The molecule has 6 N–H and O–H groups in total. The number of rotatable bonds is 3. The summed E-state index contributed by atoms with van der Waals surface area (Å²) in [5.74, 6) is -3.54. The lowest BCUT2D eigenvalue weighted by molar-refractivity contribution is -0.165. The molecule has 0 saturated heterocycles. The van der Waals surface area contributed by atoms with E-state index in [1.807, 2.05) is 5.32 Å². The maximum atomic E-state index is 9.77. The van der Waals surface area contributed by atoms with Gasteiger partial charge >= 0.3 is 18.0 Å². The van der Waals surface area contributed by atoms with Gasteiger partial charge in [-0.05, 0) is 0 Å². The average molecular weight is 225 g/mol. The van der Waals surface area contributed by atoms with E-state index in [9.17, 15) is 14.4 Å². The molecule has 1 amide bonds. The van der Waals surface area contributed by atoms with Crippen LogP contribution < -0.4 is 5.32 Å². The largest absolute Gasteiger partial charge is 0.479 e. The number of aliphatic hydroxyl groups excluding tert-OH is 2. The third kappa shape index (κ3) is 8.46. The zero-order chi connectivity index (χ0) is 12.6. The van der Waals surface area contributed by atoms with E-state index < -0.39 is 30.2 Å². The zero-order valence-corrected chi connectivity index (χ0v) is 7.62. The number of aliphatic carboxylic acids is 2. The summed E-state index contributed by atoms with van der Waals surface area (Å²) in [6.07, 6.45) is -5.53. The van der Waals surface area contributed by atoms with E-state index in [1.54, 1.807) is 0 Å². The minimum Gasteiger partial charge on any atom is -0.479 e. The third-order valence-corrected chi connectivity index (χ3v) is 1.02. The van der Waals surface area contributed by atoms with Gasteiger partial charge in [-0.1, -0.05) is 0 Å². The van der Waals surface area contributed by atoms with Crippen LogP contribution in [0.1, 0.15) is 0 Å². The van der Waals surface area contributed by atoms with Gasteiger partial charge in [-0.25, -0.2) is 14.4 Å². The number of hydrogen-bond donors (Lipinski definition) is 6. The highest BCUT2D eigenvalue weighted by molar-refractivity contribution is 5.83. The molecule has 0 aliphatic heterocycles. The molecule has 0 aromatic heterocycles. The van der Waals surface area contributed by atoms with E-state index in [1.165, 1.54) is 7.05 Å². The Morgan fingerprint density at radius 1 is 0.933 bits per heavy atom. The Morgan fingerprint density at radius 3 is 1.20 bits per heavy atom. The summed E-state index contributed by atoms with van der Waals surface area (Å²) in [7, 11) is 1.35. The third-order valence-electron chi connectivity index (χ3n) is 1.02. The summed E-state index contributed by atoms with van der Waals surface area (Å²) in [5, 5.41) is 42.1. The topological polar surface area (TPSA) is 164 Å². The van der Waals surface area contributed by atoms with Crippen LogP contribution >= 0.6 is 0 Å². The summed E-state index contributed by atoms with van der Waals surface area (Å²) in [4.78, 5) is 28.8. The molecule has 9 nitrogen and oxygen atoms in total. The van der Waals surface area contributed by atoms with Crippen molar-refractivity contribution in [2.45, 2.75) is 12.2 Å².